The zero-order chi connectivity index (χ0) is 24.2. The van der Waals surface area contributed by atoms with Crippen LogP contribution in [0.1, 0.15) is 56.9 Å². The number of benzene rings is 1. The van der Waals surface area contributed by atoms with Crippen LogP contribution in [0.3, 0.4) is 0 Å². The molecule has 6 nitrogen and oxygen atoms in total. The zero-order valence-corrected chi connectivity index (χ0v) is 21.4. The van der Waals surface area contributed by atoms with Gasteiger partial charge in [0, 0.05) is 5.56 Å². The van der Waals surface area contributed by atoms with Crippen LogP contribution in [0.15, 0.2) is 12.1 Å². The summed E-state index contributed by atoms with van der Waals surface area (Å²) in [7, 11) is -2.00. The topological polar surface area (TPSA) is 82.1 Å². The third kappa shape index (κ3) is 5.43. The van der Waals surface area contributed by atoms with Gasteiger partial charge in [0.2, 0.25) is 0 Å². The first-order chi connectivity index (χ1) is 14.9. The molecule has 0 spiro atoms. The third-order valence-corrected chi connectivity index (χ3v) is 10.9. The van der Waals surface area contributed by atoms with E-state index >= 15 is 0 Å². The highest BCUT2D eigenvalue weighted by atomic mass is 28.4. The number of hydrogen-bond donors (Lipinski definition) is 1. The van der Waals surface area contributed by atoms with E-state index in [0.29, 0.717) is 6.61 Å². The van der Waals surface area contributed by atoms with E-state index in [1.54, 1.807) is 13.8 Å². The second-order valence-electron chi connectivity index (χ2n) is 9.66. The van der Waals surface area contributed by atoms with Gasteiger partial charge < -0.3 is 19.0 Å². The molecule has 2 rings (SSSR count). The molecule has 0 fully saturated rings. The van der Waals surface area contributed by atoms with Crippen molar-refractivity contribution in [1.29, 1.82) is 0 Å². The summed E-state index contributed by atoms with van der Waals surface area (Å²) in [5.74, 6) is 4.60. The molecule has 0 amide bonds. The van der Waals surface area contributed by atoms with Gasteiger partial charge in [-0.25, -0.2) is 0 Å². The Hall–Kier alpha value is -2.14. The number of ether oxygens (including phenoxy) is 2. The second-order valence-corrected chi connectivity index (χ2v) is 14.5. The van der Waals surface area contributed by atoms with Crippen LogP contribution in [-0.4, -0.2) is 45.2 Å². The Labute approximate surface area is 192 Å². The zero-order valence-electron chi connectivity index (χ0n) is 20.4. The van der Waals surface area contributed by atoms with Crippen LogP contribution in [0.5, 0.6) is 0 Å². The van der Waals surface area contributed by atoms with Crippen LogP contribution < -0.4 is 0 Å². The lowest BCUT2D eigenvalue weighted by molar-refractivity contribution is -0.171. The quantitative estimate of drug-likeness (QED) is 0.289. The lowest BCUT2D eigenvalue weighted by atomic mass is 9.84. The molecule has 0 atom stereocenters. The lowest BCUT2D eigenvalue weighted by Crippen LogP contribution is -2.43. The fraction of sp³-hybridized carbons (Fsp3) is 0.600. The van der Waals surface area contributed by atoms with Crippen LogP contribution in [0.25, 0.3) is 0 Å². The highest BCUT2D eigenvalue weighted by Gasteiger charge is 2.53. The molecule has 32 heavy (non-hydrogen) atoms. The van der Waals surface area contributed by atoms with Gasteiger partial charge in [0.15, 0.2) is 13.7 Å². The maximum absolute atomic E-state index is 12.9. The predicted octanol–water partition coefficient (Wildman–Crippen LogP) is 3.76. The molecule has 176 valence electrons. The number of aliphatic hydroxyl groups is 1. The Bertz CT molecular complexity index is 899. The molecule has 1 N–H and O–H groups in total. The van der Waals surface area contributed by atoms with Gasteiger partial charge in [-0.15, -0.1) is 0 Å². The largest absolute Gasteiger partial charge is 0.465 e. The van der Waals surface area contributed by atoms with Crippen molar-refractivity contribution in [3.63, 3.8) is 0 Å². The Kier molecular flexibility index (Phi) is 8.32. The van der Waals surface area contributed by atoms with Gasteiger partial charge in [-0.3, -0.25) is 9.59 Å². The summed E-state index contributed by atoms with van der Waals surface area (Å²) in [4.78, 5) is 25.7. The second kappa shape index (κ2) is 10.2. The van der Waals surface area contributed by atoms with Gasteiger partial charge in [0.05, 0.1) is 19.8 Å². The van der Waals surface area contributed by atoms with Crippen molar-refractivity contribution < 1.29 is 28.6 Å². The van der Waals surface area contributed by atoms with E-state index in [0.717, 1.165) is 22.3 Å². The summed E-state index contributed by atoms with van der Waals surface area (Å²) in [6.45, 7) is 14.9. The summed E-state index contributed by atoms with van der Waals surface area (Å²) < 4.78 is 16.9. The van der Waals surface area contributed by atoms with E-state index in [1.165, 1.54) is 0 Å². The van der Waals surface area contributed by atoms with Crippen LogP contribution in [0.4, 0.5) is 0 Å². The van der Waals surface area contributed by atoms with Crippen LogP contribution in [0.2, 0.25) is 18.1 Å². The Morgan fingerprint density at radius 1 is 1.06 bits per heavy atom. The maximum atomic E-state index is 12.9. The minimum absolute atomic E-state index is 0.0592. The number of esters is 2. The first-order valence-corrected chi connectivity index (χ1v) is 14.1. The van der Waals surface area contributed by atoms with Crippen molar-refractivity contribution in [3.05, 3.63) is 34.4 Å². The normalized spacial score (nSPS) is 14.9. The molecule has 0 saturated heterocycles. The molecule has 0 aliphatic heterocycles. The van der Waals surface area contributed by atoms with Crippen molar-refractivity contribution >= 4 is 20.3 Å². The maximum Gasteiger partial charge on any atom is 0.324 e. The van der Waals surface area contributed by atoms with Crippen LogP contribution >= 0.6 is 0 Å². The van der Waals surface area contributed by atoms with Crippen molar-refractivity contribution in [2.24, 2.45) is 5.41 Å². The van der Waals surface area contributed by atoms with Crippen LogP contribution in [0, 0.1) is 17.3 Å². The van der Waals surface area contributed by atoms with E-state index in [9.17, 15) is 14.7 Å². The first kappa shape index (κ1) is 26.1. The van der Waals surface area contributed by atoms with Gasteiger partial charge in [-0.1, -0.05) is 38.7 Å². The van der Waals surface area contributed by atoms with Crippen molar-refractivity contribution in [1.82, 2.24) is 0 Å². The van der Waals surface area contributed by atoms with Gasteiger partial charge in [0.1, 0.15) is 6.61 Å². The molecule has 0 aromatic heterocycles. The molecule has 1 aromatic carbocycles. The van der Waals surface area contributed by atoms with Crippen molar-refractivity contribution in [2.45, 2.75) is 72.2 Å². The molecule has 1 aliphatic rings. The van der Waals surface area contributed by atoms with Gasteiger partial charge in [-0.2, -0.15) is 0 Å². The van der Waals surface area contributed by atoms with Crippen molar-refractivity contribution in [3.8, 4) is 11.8 Å². The van der Waals surface area contributed by atoms with E-state index < -0.39 is 25.7 Å². The average Bonchev–Trinajstić information content (AvgIpc) is 3.09. The number of aliphatic hydroxyl groups excluding tert-OH is 1. The molecule has 1 aromatic rings. The predicted molar refractivity (Wildman–Crippen MR) is 125 cm³/mol. The molecular weight excluding hydrogens is 424 g/mol. The minimum Gasteiger partial charge on any atom is -0.465 e. The summed E-state index contributed by atoms with van der Waals surface area (Å²) in [5.41, 5.74) is 2.01. The molecule has 0 saturated carbocycles. The fourth-order valence-corrected chi connectivity index (χ4v) is 4.49. The van der Waals surface area contributed by atoms with E-state index in [-0.39, 0.29) is 37.7 Å². The summed E-state index contributed by atoms with van der Waals surface area (Å²) in [6, 6.07) is 3.88. The van der Waals surface area contributed by atoms with Gasteiger partial charge in [-0.05, 0) is 67.6 Å². The fourth-order valence-electron chi connectivity index (χ4n) is 3.54. The van der Waals surface area contributed by atoms with Gasteiger partial charge in [0.25, 0.3) is 0 Å². The smallest absolute Gasteiger partial charge is 0.324 e. The number of hydrogen-bond acceptors (Lipinski definition) is 6. The SMILES string of the molecule is CCOC(=O)C1(C(=O)OCC)Cc2cc(C#CCO)c(CO[Si](C)(C)C(C)(C)C)cc2C1. The standard InChI is InChI=1S/C25H36O6Si/c1-8-29-22(27)25(23(28)30-9-2)15-19-13-18(11-10-12-26)21(14-20(19)16-25)17-31-32(6,7)24(3,4)5/h13-14,26H,8-9,12,15-17H2,1-7H3. The molecule has 0 bridgehead atoms. The van der Waals surface area contributed by atoms with Gasteiger partial charge >= 0.3 is 11.9 Å². The Balaban J connectivity index is 2.47. The first-order valence-electron chi connectivity index (χ1n) is 11.1. The van der Waals surface area contributed by atoms with Crippen LogP contribution in [-0.2, 0) is 42.9 Å². The summed E-state index contributed by atoms with van der Waals surface area (Å²) in [5, 5.41) is 9.26. The van der Waals surface area contributed by atoms with E-state index in [4.69, 9.17) is 13.9 Å². The molecule has 0 radical (unpaired) electrons. The molecule has 7 heteroatoms. The minimum atomic E-state index is -2.00. The number of fused-ring (bicyclic) bond motifs is 1. The molecular formula is C25H36O6Si. The third-order valence-electron chi connectivity index (χ3n) is 6.44. The highest BCUT2D eigenvalue weighted by molar-refractivity contribution is 6.74. The molecule has 0 unspecified atom stereocenters. The molecule has 0 heterocycles. The Morgan fingerprint density at radius 3 is 2.06 bits per heavy atom. The van der Waals surface area contributed by atoms with E-state index in [1.807, 2.05) is 12.1 Å². The average molecular weight is 461 g/mol. The number of rotatable bonds is 7. The Morgan fingerprint density at radius 2 is 1.59 bits per heavy atom. The van der Waals surface area contributed by atoms with Crippen molar-refractivity contribution in [2.75, 3.05) is 19.8 Å². The highest BCUT2D eigenvalue weighted by Crippen LogP contribution is 2.41. The summed E-state index contributed by atoms with van der Waals surface area (Å²) >= 11 is 0. The number of carbonyl (C=O) groups is 2. The molecule has 1 aliphatic carbocycles. The van der Waals surface area contributed by atoms with E-state index in [2.05, 4.69) is 45.7 Å². The monoisotopic (exact) mass is 460 g/mol. The number of carbonyl (C=O) groups excluding carboxylic acids is 2. The summed E-state index contributed by atoms with van der Waals surface area (Å²) in [6.07, 6.45) is 0.429. The lowest BCUT2D eigenvalue weighted by Gasteiger charge is -2.36.